The van der Waals surface area contributed by atoms with E-state index in [-0.39, 0.29) is 11.2 Å². The van der Waals surface area contributed by atoms with Gasteiger partial charge in [-0.15, -0.1) is 0 Å². The van der Waals surface area contributed by atoms with Gasteiger partial charge in [0, 0.05) is 12.0 Å². The molecular weight excluding hydrogens is 226 g/mol. The zero-order valence-electron chi connectivity index (χ0n) is 10.2. The largest absolute Gasteiger partial charge is 0.381 e. The summed E-state index contributed by atoms with van der Waals surface area (Å²) in [5.74, 6) is 0.735. The van der Waals surface area contributed by atoms with Crippen LogP contribution in [0.5, 0.6) is 0 Å². The van der Waals surface area contributed by atoms with Crippen LogP contribution in [0.15, 0.2) is 0 Å². The SMILES string of the molecule is CCC(CC)(COCC1CC1)CS(N)(=O)=O. The molecule has 1 aliphatic carbocycles. The first-order valence-corrected chi connectivity index (χ1v) is 7.70. The molecule has 0 unspecified atom stereocenters. The Labute approximate surface area is 98.6 Å². The number of nitrogens with two attached hydrogens (primary N) is 1. The van der Waals surface area contributed by atoms with Gasteiger partial charge in [0.2, 0.25) is 10.0 Å². The lowest BCUT2D eigenvalue weighted by Gasteiger charge is -2.30. The number of rotatable bonds is 8. The smallest absolute Gasteiger partial charge is 0.209 e. The van der Waals surface area contributed by atoms with Crippen LogP contribution in [-0.4, -0.2) is 27.4 Å². The van der Waals surface area contributed by atoms with E-state index in [0.29, 0.717) is 12.5 Å². The van der Waals surface area contributed by atoms with Gasteiger partial charge in [-0.3, -0.25) is 0 Å². The topological polar surface area (TPSA) is 69.4 Å². The summed E-state index contributed by atoms with van der Waals surface area (Å²) in [5.41, 5.74) is -0.303. The Morgan fingerprint density at radius 2 is 1.88 bits per heavy atom. The quantitative estimate of drug-likeness (QED) is 0.709. The highest BCUT2D eigenvalue weighted by molar-refractivity contribution is 7.89. The van der Waals surface area contributed by atoms with Crippen LogP contribution in [0.4, 0.5) is 0 Å². The fourth-order valence-corrected chi connectivity index (χ4v) is 3.20. The van der Waals surface area contributed by atoms with E-state index < -0.39 is 10.0 Å². The number of ether oxygens (including phenoxy) is 1. The Balaban J connectivity index is 2.47. The molecule has 1 fully saturated rings. The Bertz CT molecular complexity index is 305. The average molecular weight is 249 g/mol. The molecule has 1 aliphatic rings. The molecular formula is C11H23NO3S. The molecule has 0 bridgehead atoms. The molecule has 0 aromatic rings. The number of hydrogen-bond acceptors (Lipinski definition) is 3. The van der Waals surface area contributed by atoms with Crippen molar-refractivity contribution in [3.05, 3.63) is 0 Å². The van der Waals surface area contributed by atoms with Gasteiger partial charge >= 0.3 is 0 Å². The number of primary sulfonamides is 1. The normalized spacial score (nSPS) is 17.7. The van der Waals surface area contributed by atoms with Crippen LogP contribution in [0, 0.1) is 11.3 Å². The predicted octanol–water partition coefficient (Wildman–Crippen LogP) is 1.51. The first-order valence-electron chi connectivity index (χ1n) is 5.99. The van der Waals surface area contributed by atoms with Crippen molar-refractivity contribution in [1.29, 1.82) is 0 Å². The van der Waals surface area contributed by atoms with Crippen molar-refractivity contribution in [3.8, 4) is 0 Å². The summed E-state index contributed by atoms with van der Waals surface area (Å²) in [6.07, 6.45) is 4.07. The van der Waals surface area contributed by atoms with E-state index in [2.05, 4.69) is 0 Å². The lowest BCUT2D eigenvalue weighted by Crippen LogP contribution is -2.37. The first kappa shape index (κ1) is 13.9. The summed E-state index contributed by atoms with van der Waals surface area (Å²) >= 11 is 0. The Morgan fingerprint density at radius 1 is 1.31 bits per heavy atom. The molecule has 0 amide bonds. The standard InChI is InChI=1S/C11H23NO3S/c1-3-11(4-2,9-16(12,13)14)8-15-7-10-5-6-10/h10H,3-9H2,1-2H3,(H2,12,13,14). The molecule has 0 atom stereocenters. The highest BCUT2D eigenvalue weighted by Crippen LogP contribution is 2.32. The number of sulfonamides is 1. The van der Waals surface area contributed by atoms with E-state index >= 15 is 0 Å². The second-order valence-corrected chi connectivity index (χ2v) is 6.59. The predicted molar refractivity (Wildman–Crippen MR) is 64.5 cm³/mol. The average Bonchev–Trinajstić information content (AvgIpc) is 2.98. The van der Waals surface area contributed by atoms with Gasteiger partial charge in [-0.1, -0.05) is 13.8 Å². The summed E-state index contributed by atoms with van der Waals surface area (Å²) < 4.78 is 28.0. The van der Waals surface area contributed by atoms with Gasteiger partial charge in [-0.05, 0) is 31.6 Å². The molecule has 2 N–H and O–H groups in total. The van der Waals surface area contributed by atoms with Crippen LogP contribution in [0.3, 0.4) is 0 Å². The monoisotopic (exact) mass is 249 g/mol. The first-order chi connectivity index (χ1) is 7.41. The van der Waals surface area contributed by atoms with Gasteiger partial charge in [0.05, 0.1) is 12.4 Å². The minimum Gasteiger partial charge on any atom is -0.381 e. The van der Waals surface area contributed by atoms with Gasteiger partial charge in [0.25, 0.3) is 0 Å². The van der Waals surface area contributed by atoms with E-state index in [1.807, 2.05) is 13.8 Å². The van der Waals surface area contributed by atoms with Crippen molar-refractivity contribution in [3.63, 3.8) is 0 Å². The molecule has 0 radical (unpaired) electrons. The molecule has 0 spiro atoms. The minimum atomic E-state index is -3.42. The highest BCUT2D eigenvalue weighted by Gasteiger charge is 2.32. The Hall–Kier alpha value is -0.130. The maximum atomic E-state index is 11.2. The van der Waals surface area contributed by atoms with Crippen LogP contribution >= 0.6 is 0 Å². The number of hydrogen-bond donors (Lipinski definition) is 1. The van der Waals surface area contributed by atoms with E-state index in [9.17, 15) is 8.42 Å². The van der Waals surface area contributed by atoms with Crippen molar-refractivity contribution in [2.75, 3.05) is 19.0 Å². The van der Waals surface area contributed by atoms with Crippen LogP contribution in [0.25, 0.3) is 0 Å². The summed E-state index contributed by atoms with van der Waals surface area (Å²) in [6.45, 7) is 5.27. The summed E-state index contributed by atoms with van der Waals surface area (Å²) in [7, 11) is -3.42. The van der Waals surface area contributed by atoms with Gasteiger partial charge in [-0.2, -0.15) is 0 Å². The van der Waals surface area contributed by atoms with E-state index in [1.165, 1.54) is 12.8 Å². The van der Waals surface area contributed by atoms with Crippen molar-refractivity contribution < 1.29 is 13.2 Å². The molecule has 16 heavy (non-hydrogen) atoms. The third kappa shape index (κ3) is 4.80. The third-order valence-corrected chi connectivity index (χ3v) is 4.48. The van der Waals surface area contributed by atoms with Gasteiger partial charge < -0.3 is 4.74 Å². The molecule has 4 nitrogen and oxygen atoms in total. The zero-order chi connectivity index (χ0) is 12.2. The van der Waals surface area contributed by atoms with Gasteiger partial charge in [0.15, 0.2) is 0 Å². The van der Waals surface area contributed by atoms with Crippen molar-refractivity contribution >= 4 is 10.0 Å². The van der Waals surface area contributed by atoms with Crippen LogP contribution < -0.4 is 5.14 Å². The van der Waals surface area contributed by atoms with Crippen LogP contribution in [-0.2, 0) is 14.8 Å². The molecule has 0 aromatic carbocycles. The molecule has 0 aliphatic heterocycles. The van der Waals surface area contributed by atoms with Crippen molar-refractivity contribution in [1.82, 2.24) is 0 Å². The fraction of sp³-hybridized carbons (Fsp3) is 1.00. The molecule has 5 heteroatoms. The molecule has 1 saturated carbocycles. The fourth-order valence-electron chi connectivity index (χ4n) is 1.85. The molecule has 96 valence electrons. The molecule has 1 rings (SSSR count). The minimum absolute atomic E-state index is 0.0255. The Kier molecular flexibility index (Phi) is 4.76. The summed E-state index contributed by atoms with van der Waals surface area (Å²) in [6, 6.07) is 0. The lowest BCUT2D eigenvalue weighted by molar-refractivity contribution is 0.0442. The second kappa shape index (κ2) is 5.47. The maximum absolute atomic E-state index is 11.2. The Morgan fingerprint density at radius 3 is 2.25 bits per heavy atom. The molecule has 0 heterocycles. The van der Waals surface area contributed by atoms with Crippen molar-refractivity contribution in [2.45, 2.75) is 39.5 Å². The zero-order valence-corrected chi connectivity index (χ0v) is 11.1. The van der Waals surface area contributed by atoms with E-state index in [1.54, 1.807) is 0 Å². The maximum Gasteiger partial charge on any atom is 0.209 e. The second-order valence-electron chi connectivity index (χ2n) is 4.97. The van der Waals surface area contributed by atoms with E-state index in [4.69, 9.17) is 9.88 Å². The molecule has 0 saturated heterocycles. The highest BCUT2D eigenvalue weighted by atomic mass is 32.2. The lowest BCUT2D eigenvalue weighted by atomic mass is 9.85. The third-order valence-electron chi connectivity index (χ3n) is 3.47. The molecule has 0 aromatic heterocycles. The van der Waals surface area contributed by atoms with Gasteiger partial charge in [-0.25, -0.2) is 13.6 Å². The van der Waals surface area contributed by atoms with Gasteiger partial charge in [0.1, 0.15) is 0 Å². The summed E-state index contributed by atoms with van der Waals surface area (Å²) in [4.78, 5) is 0. The van der Waals surface area contributed by atoms with Crippen LogP contribution in [0.2, 0.25) is 0 Å². The van der Waals surface area contributed by atoms with Crippen LogP contribution in [0.1, 0.15) is 39.5 Å². The summed E-state index contributed by atoms with van der Waals surface area (Å²) in [5, 5.41) is 5.13. The van der Waals surface area contributed by atoms with E-state index in [0.717, 1.165) is 19.4 Å². The van der Waals surface area contributed by atoms with Crippen molar-refractivity contribution in [2.24, 2.45) is 16.5 Å².